The van der Waals surface area contributed by atoms with Crippen molar-refractivity contribution in [3.63, 3.8) is 0 Å². The number of piperidine rings is 1. The predicted molar refractivity (Wildman–Crippen MR) is 162 cm³/mol. The van der Waals surface area contributed by atoms with Crippen LogP contribution >= 0.6 is 0 Å². The summed E-state index contributed by atoms with van der Waals surface area (Å²) in [6.07, 6.45) is 5.08. The van der Waals surface area contributed by atoms with Crippen LogP contribution in [0.3, 0.4) is 0 Å². The van der Waals surface area contributed by atoms with Crippen molar-refractivity contribution in [1.82, 2.24) is 9.80 Å². The zero-order chi connectivity index (χ0) is 28.5. The van der Waals surface area contributed by atoms with E-state index in [1.165, 1.54) is 5.56 Å². The highest BCUT2D eigenvalue weighted by Gasteiger charge is 2.27. The zero-order valence-corrected chi connectivity index (χ0v) is 24.4. The summed E-state index contributed by atoms with van der Waals surface area (Å²) in [5.74, 6) is 1.35. The van der Waals surface area contributed by atoms with E-state index in [9.17, 15) is 13.2 Å². The largest absolute Gasteiger partial charge is 0.457 e. The molecule has 8 nitrogen and oxygen atoms in total. The fourth-order valence-electron chi connectivity index (χ4n) is 4.95. The number of hydrogen-bond acceptors (Lipinski definition) is 5. The van der Waals surface area contributed by atoms with Crippen LogP contribution in [0.1, 0.15) is 43.7 Å². The molecule has 1 fully saturated rings. The van der Waals surface area contributed by atoms with Crippen molar-refractivity contribution < 1.29 is 17.9 Å². The Balaban J connectivity index is 1.27. The first-order valence-corrected chi connectivity index (χ1v) is 15.8. The quantitative estimate of drug-likeness (QED) is 0.279. The molecular weight excluding hydrogens is 524 g/mol. The summed E-state index contributed by atoms with van der Waals surface area (Å²) in [5.41, 5.74) is 3.68. The van der Waals surface area contributed by atoms with Crippen LogP contribution in [0.5, 0.6) is 11.5 Å². The lowest BCUT2D eigenvalue weighted by Crippen LogP contribution is -2.49. The number of ether oxygens (including phenoxy) is 1. The van der Waals surface area contributed by atoms with Gasteiger partial charge in [0.05, 0.1) is 6.26 Å². The molecular formula is C31H40N4O4S. The minimum atomic E-state index is -3.31. The number of aryl methyl sites for hydroxylation is 1. The number of carbonyl (C=O) groups excluding carboxylic acids is 1. The Morgan fingerprint density at radius 3 is 2.23 bits per heavy atom. The maximum Gasteiger partial charge on any atom is 0.322 e. The van der Waals surface area contributed by atoms with Crippen molar-refractivity contribution in [3.8, 4) is 11.5 Å². The summed E-state index contributed by atoms with van der Waals surface area (Å²) >= 11 is 0. The van der Waals surface area contributed by atoms with E-state index >= 15 is 0 Å². The second-order valence-corrected chi connectivity index (χ2v) is 12.2. The molecule has 1 aliphatic rings. The summed E-state index contributed by atoms with van der Waals surface area (Å²) in [7, 11) is -3.31. The third kappa shape index (κ3) is 8.99. The first-order chi connectivity index (χ1) is 19.2. The van der Waals surface area contributed by atoms with Crippen LogP contribution in [-0.4, -0.2) is 56.2 Å². The van der Waals surface area contributed by atoms with Crippen LogP contribution in [-0.2, 0) is 16.6 Å². The lowest BCUT2D eigenvalue weighted by atomic mass is 10.0. The van der Waals surface area contributed by atoms with Crippen LogP contribution in [0.4, 0.5) is 16.2 Å². The number of unbranched alkanes of at least 4 members (excludes halogenated alkanes) is 1. The fraction of sp³-hybridized carbons (Fsp3) is 0.387. The third-order valence-corrected chi connectivity index (χ3v) is 7.61. The summed E-state index contributed by atoms with van der Waals surface area (Å²) < 4.78 is 31.1. The molecule has 0 saturated carbocycles. The molecule has 0 aliphatic carbocycles. The third-order valence-electron chi connectivity index (χ3n) is 7.00. The average molecular weight is 565 g/mol. The number of nitrogens with zero attached hydrogens (tertiary/aromatic N) is 2. The zero-order valence-electron chi connectivity index (χ0n) is 23.6. The highest BCUT2D eigenvalue weighted by atomic mass is 32.2. The minimum Gasteiger partial charge on any atom is -0.457 e. The Morgan fingerprint density at radius 1 is 0.975 bits per heavy atom. The van der Waals surface area contributed by atoms with Crippen LogP contribution < -0.4 is 14.8 Å². The van der Waals surface area contributed by atoms with Crippen molar-refractivity contribution in [2.75, 3.05) is 35.9 Å². The van der Waals surface area contributed by atoms with Gasteiger partial charge in [0.1, 0.15) is 11.5 Å². The average Bonchev–Trinajstić information content (AvgIpc) is 2.91. The smallest absolute Gasteiger partial charge is 0.322 e. The molecule has 0 atom stereocenters. The van der Waals surface area contributed by atoms with Gasteiger partial charge in [0, 0.05) is 43.6 Å². The molecule has 0 bridgehead atoms. The molecule has 1 heterocycles. The lowest BCUT2D eigenvalue weighted by Gasteiger charge is -2.38. The summed E-state index contributed by atoms with van der Waals surface area (Å²) in [5, 5.41) is 3.11. The molecule has 1 saturated heterocycles. The monoisotopic (exact) mass is 564 g/mol. The van der Waals surface area contributed by atoms with Crippen molar-refractivity contribution >= 4 is 27.4 Å². The van der Waals surface area contributed by atoms with Gasteiger partial charge in [-0.25, -0.2) is 13.2 Å². The normalized spacial score (nSPS) is 14.5. The molecule has 0 unspecified atom stereocenters. The maximum absolute atomic E-state index is 13.2. The molecule has 0 aromatic heterocycles. The first kappa shape index (κ1) is 29.4. The molecule has 0 radical (unpaired) electrons. The molecule has 214 valence electrons. The van der Waals surface area contributed by atoms with E-state index in [1.54, 1.807) is 24.3 Å². The Bertz CT molecular complexity index is 1350. The van der Waals surface area contributed by atoms with Crippen molar-refractivity contribution in [2.45, 2.75) is 52.1 Å². The van der Waals surface area contributed by atoms with Crippen molar-refractivity contribution in [2.24, 2.45) is 0 Å². The van der Waals surface area contributed by atoms with Crippen molar-refractivity contribution in [1.29, 1.82) is 0 Å². The topological polar surface area (TPSA) is 91.0 Å². The maximum atomic E-state index is 13.2. The number of benzene rings is 3. The number of nitrogens with one attached hydrogen (secondary N) is 2. The molecule has 2 N–H and O–H groups in total. The van der Waals surface area contributed by atoms with Gasteiger partial charge >= 0.3 is 6.03 Å². The summed E-state index contributed by atoms with van der Waals surface area (Å²) in [4.78, 5) is 17.7. The van der Waals surface area contributed by atoms with E-state index in [-0.39, 0.29) is 12.1 Å². The SMILES string of the molecule is CCCCN(C(=O)Nc1cccc(C)c1)C1CCN(Cc2ccc(Oc3ccc(NS(C)(=O)=O)cc3)cc2)CC1. The number of rotatable bonds is 11. The van der Waals surface area contributed by atoms with Gasteiger partial charge in [-0.15, -0.1) is 0 Å². The van der Waals surface area contributed by atoms with Crippen LogP contribution in [0.15, 0.2) is 72.8 Å². The second-order valence-electron chi connectivity index (χ2n) is 10.5. The highest BCUT2D eigenvalue weighted by Crippen LogP contribution is 2.25. The molecule has 4 rings (SSSR count). The lowest BCUT2D eigenvalue weighted by molar-refractivity contribution is 0.122. The Hall–Kier alpha value is -3.56. The Kier molecular flexibility index (Phi) is 10.1. The van der Waals surface area contributed by atoms with Crippen molar-refractivity contribution in [3.05, 3.63) is 83.9 Å². The van der Waals surface area contributed by atoms with E-state index in [0.717, 1.165) is 75.1 Å². The summed E-state index contributed by atoms with van der Waals surface area (Å²) in [6, 6.07) is 23.0. The second kappa shape index (κ2) is 13.7. The van der Waals surface area contributed by atoms with E-state index < -0.39 is 10.0 Å². The Morgan fingerprint density at radius 2 is 1.62 bits per heavy atom. The number of hydrogen-bond donors (Lipinski definition) is 2. The molecule has 9 heteroatoms. The van der Waals surface area contributed by atoms with Gasteiger partial charge in [-0.05, 0) is 85.8 Å². The van der Waals surface area contributed by atoms with Gasteiger partial charge in [0.15, 0.2) is 0 Å². The number of amides is 2. The van der Waals surface area contributed by atoms with E-state index in [4.69, 9.17) is 4.74 Å². The standard InChI is InChI=1S/C31H40N4O4S/c1-4-5-19-35(31(36)32-27-8-6-7-24(2)22-27)28-17-20-34(21-18-28)23-25-9-13-29(14-10-25)39-30-15-11-26(12-16-30)33-40(3,37)38/h6-16,22,28,33H,4-5,17-21,23H2,1-3H3,(H,32,36). The van der Waals surface area contributed by atoms with E-state index in [0.29, 0.717) is 11.4 Å². The predicted octanol–water partition coefficient (Wildman–Crippen LogP) is 6.46. The number of urea groups is 1. The number of carbonyl (C=O) groups is 1. The molecule has 0 spiro atoms. The highest BCUT2D eigenvalue weighted by molar-refractivity contribution is 7.92. The van der Waals surface area contributed by atoms with Crippen LogP contribution in [0.2, 0.25) is 0 Å². The van der Waals surface area contributed by atoms with Gasteiger partial charge < -0.3 is 15.0 Å². The van der Waals surface area contributed by atoms with Gasteiger partial charge in [-0.2, -0.15) is 0 Å². The molecule has 40 heavy (non-hydrogen) atoms. The minimum absolute atomic E-state index is 0.00520. The van der Waals surface area contributed by atoms with Gasteiger partial charge in [0.25, 0.3) is 0 Å². The van der Waals surface area contributed by atoms with Gasteiger partial charge in [-0.1, -0.05) is 37.6 Å². The number of sulfonamides is 1. The Labute approximate surface area is 238 Å². The summed E-state index contributed by atoms with van der Waals surface area (Å²) in [6.45, 7) is 7.70. The van der Waals surface area contributed by atoms with E-state index in [2.05, 4.69) is 34.0 Å². The fourth-order valence-corrected chi connectivity index (χ4v) is 5.51. The molecule has 2 amide bonds. The molecule has 1 aliphatic heterocycles. The van der Waals surface area contributed by atoms with E-state index in [1.807, 2.05) is 48.2 Å². The molecule has 3 aromatic carbocycles. The van der Waals surface area contributed by atoms with Gasteiger partial charge in [0.2, 0.25) is 10.0 Å². The van der Waals surface area contributed by atoms with Gasteiger partial charge in [-0.3, -0.25) is 9.62 Å². The number of likely N-dealkylation sites (tertiary alicyclic amines) is 1. The molecule has 3 aromatic rings. The number of anilines is 2. The first-order valence-electron chi connectivity index (χ1n) is 13.9. The van der Waals surface area contributed by atoms with Crippen LogP contribution in [0, 0.1) is 6.92 Å². The van der Waals surface area contributed by atoms with Crippen LogP contribution in [0.25, 0.3) is 0 Å².